The SMILES string of the molecule is CC(C)(C)OC(=O)N1CCN(CCCNC(=O)C2CCCN(Cc3ccccc3)C2)CC1. The van der Waals surface area contributed by atoms with Crippen LogP contribution in [0, 0.1) is 5.92 Å². The zero-order valence-electron chi connectivity index (χ0n) is 20.0. The van der Waals surface area contributed by atoms with Crippen molar-refractivity contribution in [2.75, 3.05) is 52.4 Å². The highest BCUT2D eigenvalue weighted by Gasteiger charge is 2.27. The van der Waals surface area contributed by atoms with Crippen molar-refractivity contribution in [3.8, 4) is 0 Å². The van der Waals surface area contributed by atoms with Gasteiger partial charge in [-0.3, -0.25) is 14.6 Å². The lowest BCUT2D eigenvalue weighted by Gasteiger charge is -2.35. The molecule has 2 heterocycles. The van der Waals surface area contributed by atoms with Crippen LogP contribution in [0.3, 0.4) is 0 Å². The molecule has 2 aliphatic heterocycles. The highest BCUT2D eigenvalue weighted by molar-refractivity contribution is 5.78. The summed E-state index contributed by atoms with van der Waals surface area (Å²) < 4.78 is 5.45. The molecule has 7 heteroatoms. The van der Waals surface area contributed by atoms with E-state index in [1.807, 2.05) is 26.8 Å². The molecule has 1 atom stereocenters. The molecule has 0 bridgehead atoms. The number of hydrogen-bond acceptors (Lipinski definition) is 5. The summed E-state index contributed by atoms with van der Waals surface area (Å²) in [7, 11) is 0. The number of amides is 2. The number of likely N-dealkylation sites (tertiary alicyclic amines) is 1. The minimum absolute atomic E-state index is 0.0878. The molecule has 0 aromatic heterocycles. The number of carbonyl (C=O) groups excluding carboxylic acids is 2. The van der Waals surface area contributed by atoms with Crippen molar-refractivity contribution in [1.29, 1.82) is 0 Å². The Hall–Kier alpha value is -2.12. The lowest BCUT2D eigenvalue weighted by molar-refractivity contribution is -0.126. The Morgan fingerprint density at radius 2 is 1.75 bits per heavy atom. The van der Waals surface area contributed by atoms with E-state index >= 15 is 0 Å². The van der Waals surface area contributed by atoms with Gasteiger partial charge in [-0.2, -0.15) is 0 Å². The van der Waals surface area contributed by atoms with Gasteiger partial charge in [-0.25, -0.2) is 4.79 Å². The quantitative estimate of drug-likeness (QED) is 0.655. The summed E-state index contributed by atoms with van der Waals surface area (Å²) in [6, 6.07) is 10.5. The van der Waals surface area contributed by atoms with Gasteiger partial charge in [-0.05, 0) is 58.7 Å². The number of piperazine rings is 1. The van der Waals surface area contributed by atoms with E-state index in [9.17, 15) is 9.59 Å². The summed E-state index contributed by atoms with van der Waals surface area (Å²) in [5, 5.41) is 3.15. The van der Waals surface area contributed by atoms with E-state index in [-0.39, 0.29) is 17.9 Å². The van der Waals surface area contributed by atoms with Crippen molar-refractivity contribution >= 4 is 12.0 Å². The van der Waals surface area contributed by atoms with Crippen molar-refractivity contribution in [2.45, 2.75) is 52.2 Å². The molecule has 3 rings (SSSR count). The van der Waals surface area contributed by atoms with E-state index in [4.69, 9.17) is 4.74 Å². The van der Waals surface area contributed by atoms with Crippen LogP contribution in [0.5, 0.6) is 0 Å². The average Bonchev–Trinajstić information content (AvgIpc) is 2.77. The van der Waals surface area contributed by atoms with E-state index in [0.717, 1.165) is 58.5 Å². The number of piperidine rings is 1. The van der Waals surface area contributed by atoms with Crippen molar-refractivity contribution in [2.24, 2.45) is 5.92 Å². The molecule has 32 heavy (non-hydrogen) atoms. The second-order valence-corrected chi connectivity index (χ2v) is 10.0. The molecular weight excluding hydrogens is 404 g/mol. The summed E-state index contributed by atoms with van der Waals surface area (Å²) in [6.45, 7) is 13.2. The third-order valence-corrected chi connectivity index (χ3v) is 6.10. The lowest BCUT2D eigenvalue weighted by atomic mass is 9.96. The maximum Gasteiger partial charge on any atom is 0.410 e. The third kappa shape index (κ3) is 8.10. The smallest absolute Gasteiger partial charge is 0.410 e. The minimum atomic E-state index is -0.455. The van der Waals surface area contributed by atoms with Gasteiger partial charge >= 0.3 is 6.09 Å². The van der Waals surface area contributed by atoms with Crippen molar-refractivity contribution in [3.63, 3.8) is 0 Å². The Bertz CT molecular complexity index is 726. The Balaban J connectivity index is 1.29. The molecule has 1 aromatic carbocycles. The Morgan fingerprint density at radius 3 is 2.44 bits per heavy atom. The average molecular weight is 445 g/mol. The summed E-state index contributed by atoms with van der Waals surface area (Å²) >= 11 is 0. The molecule has 0 saturated carbocycles. The van der Waals surface area contributed by atoms with Crippen LogP contribution in [0.15, 0.2) is 30.3 Å². The van der Waals surface area contributed by atoms with Crippen molar-refractivity contribution in [1.82, 2.24) is 20.0 Å². The van der Waals surface area contributed by atoms with Gasteiger partial charge in [0.05, 0.1) is 5.92 Å². The van der Waals surface area contributed by atoms with E-state index in [2.05, 4.69) is 39.4 Å². The normalized spacial score (nSPS) is 20.7. The van der Waals surface area contributed by atoms with E-state index in [0.29, 0.717) is 19.6 Å². The summed E-state index contributed by atoms with van der Waals surface area (Å²) in [5.41, 5.74) is 0.851. The first-order valence-corrected chi connectivity index (χ1v) is 12.0. The van der Waals surface area contributed by atoms with E-state index in [1.54, 1.807) is 4.90 Å². The topological polar surface area (TPSA) is 65.1 Å². The molecule has 1 aromatic rings. The number of hydrogen-bond donors (Lipinski definition) is 1. The second kappa shape index (κ2) is 11.7. The molecule has 2 aliphatic rings. The fourth-order valence-electron chi connectivity index (χ4n) is 4.39. The van der Waals surface area contributed by atoms with Gasteiger partial charge in [0, 0.05) is 45.8 Å². The standard InChI is InChI=1S/C25H40N4O3/c1-25(2,3)32-24(31)29-17-15-27(16-18-29)14-8-12-26-23(30)22-11-7-13-28(20-22)19-21-9-5-4-6-10-21/h4-6,9-10,22H,7-8,11-20H2,1-3H3,(H,26,30). The van der Waals surface area contributed by atoms with Gasteiger partial charge in [-0.1, -0.05) is 30.3 Å². The first-order chi connectivity index (χ1) is 15.3. The number of rotatable bonds is 7. The van der Waals surface area contributed by atoms with Crippen molar-refractivity contribution in [3.05, 3.63) is 35.9 Å². The number of nitrogens with zero attached hydrogens (tertiary/aromatic N) is 3. The number of carbonyl (C=O) groups is 2. The fraction of sp³-hybridized carbons (Fsp3) is 0.680. The van der Waals surface area contributed by atoms with Crippen LogP contribution < -0.4 is 5.32 Å². The highest BCUT2D eigenvalue weighted by Crippen LogP contribution is 2.19. The number of nitrogens with one attached hydrogen (secondary N) is 1. The summed E-state index contributed by atoms with van der Waals surface area (Å²) in [6.07, 6.45) is 2.76. The molecule has 2 fully saturated rings. The summed E-state index contributed by atoms with van der Waals surface area (Å²) in [4.78, 5) is 31.4. The molecule has 2 amide bonds. The first-order valence-electron chi connectivity index (χ1n) is 12.0. The monoisotopic (exact) mass is 444 g/mol. The highest BCUT2D eigenvalue weighted by atomic mass is 16.6. The molecule has 0 spiro atoms. The van der Waals surface area contributed by atoms with Crippen molar-refractivity contribution < 1.29 is 14.3 Å². The zero-order chi connectivity index (χ0) is 23.0. The maximum absolute atomic E-state index is 12.7. The van der Waals surface area contributed by atoms with Crippen LogP contribution in [0.4, 0.5) is 4.79 Å². The van der Waals surface area contributed by atoms with Crippen LogP contribution in [0.2, 0.25) is 0 Å². The van der Waals surface area contributed by atoms with Gasteiger partial charge in [0.15, 0.2) is 0 Å². The van der Waals surface area contributed by atoms with E-state index in [1.165, 1.54) is 5.56 Å². The molecular formula is C25H40N4O3. The molecule has 7 nitrogen and oxygen atoms in total. The fourth-order valence-corrected chi connectivity index (χ4v) is 4.39. The second-order valence-electron chi connectivity index (χ2n) is 10.0. The molecule has 1 N–H and O–H groups in total. The Labute approximate surface area is 193 Å². The van der Waals surface area contributed by atoms with Gasteiger partial charge in [0.2, 0.25) is 5.91 Å². The predicted octanol–water partition coefficient (Wildman–Crippen LogP) is 2.96. The number of benzene rings is 1. The van der Waals surface area contributed by atoms with Crippen LogP contribution in [0.1, 0.15) is 45.6 Å². The largest absolute Gasteiger partial charge is 0.444 e. The Morgan fingerprint density at radius 1 is 1.03 bits per heavy atom. The van der Waals surface area contributed by atoms with Crippen LogP contribution >= 0.6 is 0 Å². The van der Waals surface area contributed by atoms with Gasteiger partial charge < -0.3 is 15.0 Å². The summed E-state index contributed by atoms with van der Waals surface area (Å²) in [5.74, 6) is 0.280. The van der Waals surface area contributed by atoms with Crippen LogP contribution in [0.25, 0.3) is 0 Å². The van der Waals surface area contributed by atoms with Gasteiger partial charge in [0.25, 0.3) is 0 Å². The third-order valence-electron chi connectivity index (χ3n) is 6.10. The molecule has 1 unspecified atom stereocenters. The lowest BCUT2D eigenvalue weighted by Crippen LogP contribution is -2.50. The minimum Gasteiger partial charge on any atom is -0.444 e. The van der Waals surface area contributed by atoms with Crippen LogP contribution in [-0.2, 0) is 16.1 Å². The first kappa shape index (κ1) is 24.5. The maximum atomic E-state index is 12.7. The zero-order valence-corrected chi connectivity index (χ0v) is 20.0. The molecule has 178 valence electrons. The van der Waals surface area contributed by atoms with Gasteiger partial charge in [-0.15, -0.1) is 0 Å². The molecule has 0 aliphatic carbocycles. The molecule has 2 saturated heterocycles. The Kier molecular flexibility index (Phi) is 8.93. The van der Waals surface area contributed by atoms with Crippen LogP contribution in [-0.4, -0.2) is 84.7 Å². The molecule has 0 radical (unpaired) electrons. The number of ether oxygens (including phenoxy) is 1. The van der Waals surface area contributed by atoms with Gasteiger partial charge in [0.1, 0.15) is 5.60 Å². The van der Waals surface area contributed by atoms with E-state index < -0.39 is 5.60 Å². The predicted molar refractivity (Wildman–Crippen MR) is 126 cm³/mol.